The Labute approximate surface area is 143 Å². The van der Waals surface area contributed by atoms with E-state index in [2.05, 4.69) is 10.2 Å². The number of nitrogens with zero attached hydrogens (tertiary/aromatic N) is 1. The zero-order chi connectivity index (χ0) is 16.4. The Bertz CT molecular complexity index is 567. The van der Waals surface area contributed by atoms with Crippen molar-refractivity contribution in [2.45, 2.75) is 56.4 Å². The Morgan fingerprint density at radius 2 is 1.96 bits per heavy atom. The predicted molar refractivity (Wildman–Crippen MR) is 91.2 cm³/mol. The molecule has 1 amide bonds. The van der Waals surface area contributed by atoms with Gasteiger partial charge in [-0.1, -0.05) is 6.42 Å². The molecule has 1 N–H and O–H groups in total. The van der Waals surface area contributed by atoms with Crippen molar-refractivity contribution in [3.63, 3.8) is 0 Å². The van der Waals surface area contributed by atoms with E-state index >= 15 is 0 Å². The van der Waals surface area contributed by atoms with Crippen molar-refractivity contribution in [2.24, 2.45) is 0 Å². The molecule has 1 saturated carbocycles. The van der Waals surface area contributed by atoms with Gasteiger partial charge in [-0.15, -0.1) is 0 Å². The largest absolute Gasteiger partial charge is 0.468 e. The minimum atomic E-state index is 0.0218. The molecule has 0 aromatic carbocycles. The summed E-state index contributed by atoms with van der Waals surface area (Å²) in [6.45, 7) is 4.60. The zero-order valence-electron chi connectivity index (χ0n) is 14.4. The number of piperidine rings is 1. The summed E-state index contributed by atoms with van der Waals surface area (Å²) >= 11 is 0. The highest BCUT2D eigenvalue weighted by Gasteiger charge is 2.39. The topological polar surface area (TPSA) is 54.7 Å². The van der Waals surface area contributed by atoms with E-state index in [-0.39, 0.29) is 11.4 Å². The van der Waals surface area contributed by atoms with Gasteiger partial charge in [-0.3, -0.25) is 9.69 Å². The number of amides is 1. The summed E-state index contributed by atoms with van der Waals surface area (Å²) in [7, 11) is 0. The van der Waals surface area contributed by atoms with Crippen molar-refractivity contribution in [1.82, 2.24) is 10.2 Å². The lowest BCUT2D eigenvalue weighted by atomic mass is 9.86. The van der Waals surface area contributed by atoms with E-state index in [1.165, 1.54) is 19.3 Å². The van der Waals surface area contributed by atoms with Crippen LogP contribution >= 0.6 is 0 Å². The average molecular weight is 332 g/mol. The Morgan fingerprint density at radius 3 is 2.67 bits per heavy atom. The maximum Gasteiger partial charge on any atom is 0.254 e. The predicted octanol–water partition coefficient (Wildman–Crippen LogP) is 2.92. The van der Waals surface area contributed by atoms with Gasteiger partial charge < -0.3 is 14.5 Å². The van der Waals surface area contributed by atoms with Crippen molar-refractivity contribution in [1.29, 1.82) is 0 Å². The van der Waals surface area contributed by atoms with Gasteiger partial charge in [-0.25, -0.2) is 0 Å². The van der Waals surface area contributed by atoms with E-state index < -0.39 is 0 Å². The lowest BCUT2D eigenvalue weighted by Gasteiger charge is -2.48. The van der Waals surface area contributed by atoms with Crippen molar-refractivity contribution in [2.75, 3.05) is 32.8 Å². The van der Waals surface area contributed by atoms with Gasteiger partial charge in [0.25, 0.3) is 5.91 Å². The molecule has 5 heteroatoms. The normalized spacial score (nSPS) is 24.7. The van der Waals surface area contributed by atoms with Gasteiger partial charge in [0, 0.05) is 31.2 Å². The van der Waals surface area contributed by atoms with Crippen LogP contribution in [0.3, 0.4) is 0 Å². The Kier molecular flexibility index (Phi) is 4.63. The molecule has 1 aliphatic carbocycles. The highest BCUT2D eigenvalue weighted by Crippen LogP contribution is 2.42. The molecule has 0 spiro atoms. The number of likely N-dealkylation sites (tertiary alicyclic amines) is 1. The minimum Gasteiger partial charge on any atom is -0.468 e. The summed E-state index contributed by atoms with van der Waals surface area (Å²) in [5.41, 5.74) is 0.802. The third kappa shape index (κ3) is 3.24. The van der Waals surface area contributed by atoms with Crippen LogP contribution in [0.5, 0.6) is 0 Å². The third-order valence-electron chi connectivity index (χ3n) is 5.92. The van der Waals surface area contributed by atoms with Gasteiger partial charge in [0.05, 0.1) is 11.8 Å². The van der Waals surface area contributed by atoms with Crippen LogP contribution in [0.25, 0.3) is 0 Å². The van der Waals surface area contributed by atoms with Crippen molar-refractivity contribution in [3.8, 4) is 0 Å². The summed E-state index contributed by atoms with van der Waals surface area (Å²) in [6.07, 6.45) is 9.81. The lowest BCUT2D eigenvalue weighted by Crippen LogP contribution is -2.59. The van der Waals surface area contributed by atoms with E-state index in [0.29, 0.717) is 12.5 Å². The quantitative estimate of drug-likeness (QED) is 0.901. The maximum atomic E-state index is 12.7. The average Bonchev–Trinajstić information content (AvgIpc) is 3.38. The van der Waals surface area contributed by atoms with Crippen LogP contribution in [-0.2, 0) is 4.74 Å². The fourth-order valence-corrected chi connectivity index (χ4v) is 4.23. The van der Waals surface area contributed by atoms with Crippen LogP contribution in [0.15, 0.2) is 16.7 Å². The van der Waals surface area contributed by atoms with E-state index in [0.717, 1.165) is 63.3 Å². The number of carbonyl (C=O) groups excluding carboxylic acids is 1. The number of hydrogen-bond acceptors (Lipinski definition) is 4. The second-order valence-corrected chi connectivity index (χ2v) is 7.54. The number of furan rings is 1. The molecule has 0 radical (unpaired) electrons. The maximum absolute atomic E-state index is 12.7. The van der Waals surface area contributed by atoms with Gasteiger partial charge in [0.1, 0.15) is 5.76 Å². The molecule has 1 aromatic heterocycles. The molecule has 4 rings (SSSR count). The molecule has 3 heterocycles. The molecule has 0 bridgehead atoms. The molecular weight excluding hydrogens is 304 g/mol. The van der Waals surface area contributed by atoms with Crippen LogP contribution in [0, 0.1) is 0 Å². The van der Waals surface area contributed by atoms with E-state index in [4.69, 9.17) is 9.15 Å². The molecule has 5 nitrogen and oxygen atoms in total. The highest BCUT2D eigenvalue weighted by molar-refractivity contribution is 5.95. The Balaban J connectivity index is 1.44. The summed E-state index contributed by atoms with van der Waals surface area (Å²) in [5.74, 6) is 1.36. The molecule has 3 fully saturated rings. The number of carbonyl (C=O) groups is 1. The van der Waals surface area contributed by atoms with Crippen LogP contribution < -0.4 is 5.32 Å². The number of ether oxygens (including phenoxy) is 1. The molecule has 24 heavy (non-hydrogen) atoms. The monoisotopic (exact) mass is 332 g/mol. The van der Waals surface area contributed by atoms with Gasteiger partial charge in [0.15, 0.2) is 0 Å². The first kappa shape index (κ1) is 16.2. The minimum absolute atomic E-state index is 0.0218. The standard InChI is InChI=1S/C19H28N2O3/c22-18(16-6-11-24-17(16)15-4-5-15)20-14-19(7-12-23-13-8-19)21-9-2-1-3-10-21/h6,11,15H,1-5,7-10,12-14H2,(H,20,22). The second kappa shape index (κ2) is 6.89. The zero-order valence-corrected chi connectivity index (χ0v) is 14.4. The van der Waals surface area contributed by atoms with Gasteiger partial charge in [-0.2, -0.15) is 0 Å². The molecular formula is C19H28N2O3. The molecule has 132 valence electrons. The number of rotatable bonds is 5. The van der Waals surface area contributed by atoms with Gasteiger partial charge >= 0.3 is 0 Å². The molecule has 3 aliphatic rings. The Morgan fingerprint density at radius 1 is 1.21 bits per heavy atom. The summed E-state index contributed by atoms with van der Waals surface area (Å²) < 4.78 is 11.2. The second-order valence-electron chi connectivity index (χ2n) is 7.54. The first-order valence-electron chi connectivity index (χ1n) is 9.47. The first-order valence-corrected chi connectivity index (χ1v) is 9.47. The Hall–Kier alpha value is -1.33. The van der Waals surface area contributed by atoms with Crippen LogP contribution in [0.2, 0.25) is 0 Å². The summed E-state index contributed by atoms with van der Waals surface area (Å²) in [4.78, 5) is 15.3. The SMILES string of the molecule is O=C(NCC1(N2CCCCC2)CCOCC1)c1ccoc1C1CC1. The van der Waals surface area contributed by atoms with E-state index in [9.17, 15) is 4.79 Å². The van der Waals surface area contributed by atoms with Crippen molar-refractivity contribution >= 4 is 5.91 Å². The fraction of sp³-hybridized carbons (Fsp3) is 0.737. The van der Waals surface area contributed by atoms with Crippen LogP contribution in [0.4, 0.5) is 0 Å². The summed E-state index contributed by atoms with van der Waals surface area (Å²) in [5, 5.41) is 3.22. The lowest BCUT2D eigenvalue weighted by molar-refractivity contribution is -0.0349. The fourth-order valence-electron chi connectivity index (χ4n) is 4.23. The first-order chi connectivity index (χ1) is 11.8. The summed E-state index contributed by atoms with van der Waals surface area (Å²) in [6, 6.07) is 1.82. The third-order valence-corrected chi connectivity index (χ3v) is 5.92. The molecule has 0 unspecified atom stereocenters. The molecule has 1 aromatic rings. The smallest absolute Gasteiger partial charge is 0.254 e. The molecule has 2 saturated heterocycles. The van der Waals surface area contributed by atoms with E-state index in [1.54, 1.807) is 6.26 Å². The number of hydrogen-bond donors (Lipinski definition) is 1. The van der Waals surface area contributed by atoms with Crippen LogP contribution in [0.1, 0.15) is 67.0 Å². The van der Waals surface area contributed by atoms with Crippen LogP contribution in [-0.4, -0.2) is 49.2 Å². The number of nitrogens with one attached hydrogen (secondary N) is 1. The molecule has 2 aliphatic heterocycles. The van der Waals surface area contributed by atoms with Gasteiger partial charge in [-0.05, 0) is 57.7 Å². The molecule has 0 atom stereocenters. The van der Waals surface area contributed by atoms with Gasteiger partial charge in [0.2, 0.25) is 0 Å². The van der Waals surface area contributed by atoms with Crippen molar-refractivity contribution < 1.29 is 13.9 Å². The van der Waals surface area contributed by atoms with E-state index in [1.807, 2.05) is 6.07 Å². The highest BCUT2D eigenvalue weighted by atomic mass is 16.5. The van der Waals surface area contributed by atoms with Crippen molar-refractivity contribution in [3.05, 3.63) is 23.7 Å².